The molecule has 0 aliphatic carbocycles. The van der Waals surface area contributed by atoms with Gasteiger partial charge in [0.05, 0.1) is 0 Å². The first-order valence-corrected chi connectivity index (χ1v) is 4.29. The van der Waals surface area contributed by atoms with E-state index in [1.807, 2.05) is 0 Å². The largest absolute Gasteiger partial charge is 0.410 e. The Morgan fingerprint density at radius 3 is 2.53 bits per heavy atom. The van der Waals surface area contributed by atoms with E-state index in [1.165, 1.54) is 6.92 Å². The molecule has 7 nitrogen and oxygen atoms in total. The molecule has 1 amide bonds. The SMILES string of the molecule is CC/C(=C\C(=N\O)C(N)=O)[C@H](C)[N+](=O)[O-]. The fraction of sp³-hybridized carbons (Fsp3) is 0.500. The molecular formula is C8H13N3O4. The van der Waals surface area contributed by atoms with Crippen LogP contribution in [0.15, 0.2) is 16.8 Å². The van der Waals surface area contributed by atoms with Crippen LogP contribution in [0.2, 0.25) is 0 Å². The minimum atomic E-state index is -0.939. The number of nitro groups is 1. The van der Waals surface area contributed by atoms with Crippen molar-refractivity contribution in [1.82, 2.24) is 0 Å². The van der Waals surface area contributed by atoms with Gasteiger partial charge in [-0.1, -0.05) is 12.1 Å². The fourth-order valence-electron chi connectivity index (χ4n) is 0.978. The molecule has 15 heavy (non-hydrogen) atoms. The Kier molecular flexibility index (Phi) is 5.00. The van der Waals surface area contributed by atoms with Gasteiger partial charge in [0, 0.05) is 17.4 Å². The molecule has 1 atom stereocenters. The molecule has 0 bridgehead atoms. The van der Waals surface area contributed by atoms with Gasteiger partial charge in [-0.25, -0.2) is 0 Å². The lowest BCUT2D eigenvalue weighted by Gasteiger charge is -2.06. The number of hydrogen-bond donors (Lipinski definition) is 2. The van der Waals surface area contributed by atoms with E-state index < -0.39 is 16.9 Å². The standard InChI is InChI=1S/C8H13N3O4/c1-3-6(5(2)11(14)15)4-7(10-13)8(9)12/h4-5,13H,3H2,1-2H3,(H2,9,12)/b6-4+,10-7-/t5-/m0/s1. The van der Waals surface area contributed by atoms with Crippen molar-refractivity contribution in [2.24, 2.45) is 10.9 Å². The van der Waals surface area contributed by atoms with E-state index in [2.05, 4.69) is 5.16 Å². The third kappa shape index (κ3) is 3.75. The summed E-state index contributed by atoms with van der Waals surface area (Å²) in [5, 5.41) is 21.6. The molecule has 0 heterocycles. The Morgan fingerprint density at radius 1 is 1.73 bits per heavy atom. The Bertz CT molecular complexity index is 322. The summed E-state index contributed by atoms with van der Waals surface area (Å²) in [6.45, 7) is 3.08. The van der Waals surface area contributed by atoms with Crippen LogP contribution >= 0.6 is 0 Å². The van der Waals surface area contributed by atoms with Gasteiger partial charge in [0.15, 0.2) is 5.71 Å². The van der Waals surface area contributed by atoms with Crippen LogP contribution in [0.5, 0.6) is 0 Å². The Hall–Kier alpha value is -1.92. The molecule has 0 spiro atoms. The summed E-state index contributed by atoms with van der Waals surface area (Å²) in [6.07, 6.45) is 1.50. The van der Waals surface area contributed by atoms with E-state index in [-0.39, 0.29) is 5.71 Å². The molecule has 0 fully saturated rings. The summed E-state index contributed by atoms with van der Waals surface area (Å²) in [7, 11) is 0. The van der Waals surface area contributed by atoms with Gasteiger partial charge in [0.2, 0.25) is 6.04 Å². The van der Waals surface area contributed by atoms with Gasteiger partial charge in [-0.05, 0) is 12.5 Å². The molecule has 7 heteroatoms. The van der Waals surface area contributed by atoms with Crippen molar-refractivity contribution in [2.45, 2.75) is 26.3 Å². The predicted octanol–water partition coefficient (Wildman–Crippen LogP) is 0.304. The monoisotopic (exact) mass is 215 g/mol. The van der Waals surface area contributed by atoms with Crippen molar-refractivity contribution < 1.29 is 14.9 Å². The van der Waals surface area contributed by atoms with Crippen molar-refractivity contribution in [3.8, 4) is 0 Å². The number of nitrogens with two attached hydrogens (primary N) is 1. The molecule has 0 unspecified atom stereocenters. The summed E-state index contributed by atoms with van der Waals surface area (Å²) in [4.78, 5) is 20.7. The molecular weight excluding hydrogens is 202 g/mol. The molecule has 0 radical (unpaired) electrons. The van der Waals surface area contributed by atoms with Crippen molar-refractivity contribution in [3.63, 3.8) is 0 Å². The molecule has 0 aromatic carbocycles. The lowest BCUT2D eigenvalue weighted by molar-refractivity contribution is -0.507. The van der Waals surface area contributed by atoms with Crippen LogP contribution in [-0.4, -0.2) is 27.8 Å². The van der Waals surface area contributed by atoms with Crippen LogP contribution in [0.25, 0.3) is 0 Å². The highest BCUT2D eigenvalue weighted by Gasteiger charge is 2.19. The van der Waals surface area contributed by atoms with Gasteiger partial charge in [0.1, 0.15) is 0 Å². The minimum absolute atomic E-state index is 0.367. The third-order valence-electron chi connectivity index (χ3n) is 1.94. The zero-order valence-corrected chi connectivity index (χ0v) is 8.51. The number of oxime groups is 1. The van der Waals surface area contributed by atoms with Crippen LogP contribution in [0.4, 0.5) is 0 Å². The molecule has 0 aliphatic rings. The van der Waals surface area contributed by atoms with E-state index in [0.717, 1.165) is 6.08 Å². The van der Waals surface area contributed by atoms with Gasteiger partial charge in [-0.2, -0.15) is 0 Å². The molecule has 0 rings (SSSR count). The van der Waals surface area contributed by atoms with Gasteiger partial charge in [-0.3, -0.25) is 14.9 Å². The van der Waals surface area contributed by atoms with Crippen molar-refractivity contribution in [1.29, 1.82) is 0 Å². The summed E-state index contributed by atoms with van der Waals surface area (Å²) in [5.74, 6) is -0.931. The first-order chi connectivity index (χ1) is 6.93. The summed E-state index contributed by atoms with van der Waals surface area (Å²) in [5.41, 5.74) is 4.86. The van der Waals surface area contributed by atoms with E-state index in [9.17, 15) is 14.9 Å². The van der Waals surface area contributed by atoms with Gasteiger partial charge >= 0.3 is 0 Å². The third-order valence-corrected chi connectivity index (χ3v) is 1.94. The molecule has 0 saturated carbocycles. The van der Waals surface area contributed by atoms with Crippen molar-refractivity contribution in [2.75, 3.05) is 0 Å². The zero-order valence-electron chi connectivity index (χ0n) is 8.51. The molecule has 0 saturated heterocycles. The molecule has 0 aromatic rings. The second-order valence-electron chi connectivity index (χ2n) is 2.88. The Morgan fingerprint density at radius 2 is 2.27 bits per heavy atom. The van der Waals surface area contributed by atoms with Gasteiger partial charge in [0.25, 0.3) is 5.91 Å². The average Bonchev–Trinajstić information content (AvgIpc) is 2.18. The number of rotatable bonds is 5. The number of hydrogen-bond acceptors (Lipinski definition) is 5. The number of carbonyl (C=O) groups is 1. The summed E-state index contributed by atoms with van der Waals surface area (Å²) in [6, 6.07) is -0.939. The highest BCUT2D eigenvalue weighted by atomic mass is 16.6. The quantitative estimate of drug-likeness (QED) is 0.296. The van der Waals surface area contributed by atoms with Crippen molar-refractivity contribution in [3.05, 3.63) is 21.8 Å². The predicted molar refractivity (Wildman–Crippen MR) is 53.2 cm³/mol. The number of amides is 1. The summed E-state index contributed by atoms with van der Waals surface area (Å²) < 4.78 is 0. The Balaban J connectivity index is 5.03. The van der Waals surface area contributed by atoms with Crippen LogP contribution in [0.1, 0.15) is 20.3 Å². The number of primary amides is 1. The second kappa shape index (κ2) is 5.74. The number of nitrogens with zero attached hydrogens (tertiary/aromatic N) is 2. The minimum Gasteiger partial charge on any atom is -0.410 e. The first kappa shape index (κ1) is 13.1. The van der Waals surface area contributed by atoms with Crippen molar-refractivity contribution >= 4 is 11.6 Å². The zero-order chi connectivity index (χ0) is 12.0. The molecule has 84 valence electrons. The lowest BCUT2D eigenvalue weighted by Crippen LogP contribution is -2.24. The van der Waals surface area contributed by atoms with Gasteiger partial charge < -0.3 is 10.9 Å². The average molecular weight is 215 g/mol. The van der Waals surface area contributed by atoms with Crippen LogP contribution < -0.4 is 5.73 Å². The van der Waals surface area contributed by atoms with Crippen LogP contribution in [0, 0.1) is 10.1 Å². The van der Waals surface area contributed by atoms with E-state index in [4.69, 9.17) is 10.9 Å². The maximum Gasteiger partial charge on any atom is 0.270 e. The normalized spacial score (nSPS) is 14.8. The second-order valence-corrected chi connectivity index (χ2v) is 2.88. The van der Waals surface area contributed by atoms with Crippen LogP contribution in [0.3, 0.4) is 0 Å². The molecule has 3 N–H and O–H groups in total. The Labute approximate surface area is 86.4 Å². The molecule has 0 aromatic heterocycles. The maximum absolute atomic E-state index is 10.7. The number of carbonyl (C=O) groups excluding carboxylic acids is 1. The highest BCUT2D eigenvalue weighted by molar-refractivity contribution is 6.42. The summed E-state index contributed by atoms with van der Waals surface area (Å²) >= 11 is 0. The lowest BCUT2D eigenvalue weighted by atomic mass is 10.0. The van der Waals surface area contributed by atoms with Crippen LogP contribution in [-0.2, 0) is 4.79 Å². The molecule has 0 aliphatic heterocycles. The topological polar surface area (TPSA) is 119 Å². The first-order valence-electron chi connectivity index (χ1n) is 4.29. The highest BCUT2D eigenvalue weighted by Crippen LogP contribution is 2.10. The van der Waals surface area contributed by atoms with E-state index in [0.29, 0.717) is 12.0 Å². The van der Waals surface area contributed by atoms with E-state index in [1.54, 1.807) is 6.92 Å². The smallest absolute Gasteiger partial charge is 0.270 e. The fourth-order valence-corrected chi connectivity index (χ4v) is 0.978. The maximum atomic E-state index is 10.7. The van der Waals surface area contributed by atoms with E-state index >= 15 is 0 Å². The van der Waals surface area contributed by atoms with Gasteiger partial charge in [-0.15, -0.1) is 0 Å².